The van der Waals surface area contributed by atoms with Gasteiger partial charge in [0.15, 0.2) is 11.6 Å². The van der Waals surface area contributed by atoms with E-state index in [4.69, 9.17) is 0 Å². The van der Waals surface area contributed by atoms with Crippen LogP contribution in [0, 0.1) is 17.6 Å². The van der Waals surface area contributed by atoms with Crippen LogP contribution in [0.2, 0.25) is 0 Å². The van der Waals surface area contributed by atoms with E-state index in [9.17, 15) is 22.0 Å². The highest BCUT2D eigenvalue weighted by atomic mass is 19.4. The second-order valence-electron chi connectivity index (χ2n) is 5.50. The number of allylic oxidation sites excluding steroid dienone is 2. The van der Waals surface area contributed by atoms with E-state index in [1.807, 2.05) is 13.0 Å². The molecule has 0 aliphatic heterocycles. The van der Waals surface area contributed by atoms with Gasteiger partial charge < -0.3 is 4.74 Å². The van der Waals surface area contributed by atoms with E-state index < -0.39 is 23.7 Å². The summed E-state index contributed by atoms with van der Waals surface area (Å²) in [5.74, 6) is -3.60. The van der Waals surface area contributed by atoms with Crippen LogP contribution < -0.4 is 4.74 Å². The minimum absolute atomic E-state index is 0.0366. The first-order valence-corrected chi connectivity index (χ1v) is 7.17. The van der Waals surface area contributed by atoms with Gasteiger partial charge in [0.25, 0.3) is 0 Å². The van der Waals surface area contributed by atoms with Crippen molar-refractivity contribution in [3.8, 4) is 5.75 Å². The Morgan fingerprint density at radius 2 is 1.59 bits per heavy atom. The number of alkyl halides is 3. The van der Waals surface area contributed by atoms with Crippen molar-refractivity contribution in [3.63, 3.8) is 0 Å². The Labute approximate surface area is 125 Å². The zero-order valence-corrected chi connectivity index (χ0v) is 12.1. The maximum Gasteiger partial charge on any atom is 0.573 e. The number of hydrogen-bond donors (Lipinski definition) is 0. The molecular weight excluding hydrogens is 303 g/mol. The van der Waals surface area contributed by atoms with Crippen molar-refractivity contribution >= 4 is 0 Å². The predicted molar refractivity (Wildman–Crippen MR) is 72.6 cm³/mol. The molecule has 0 heterocycles. The molecular formula is C16H17F5O. The van der Waals surface area contributed by atoms with Crippen LogP contribution in [0.15, 0.2) is 24.3 Å². The van der Waals surface area contributed by atoms with E-state index >= 15 is 0 Å². The first-order chi connectivity index (χ1) is 10.3. The Bertz CT molecular complexity index is 519. The number of halogens is 5. The van der Waals surface area contributed by atoms with Crippen LogP contribution in [0.5, 0.6) is 5.75 Å². The van der Waals surface area contributed by atoms with Crippen molar-refractivity contribution in [2.75, 3.05) is 0 Å². The van der Waals surface area contributed by atoms with Crippen LogP contribution in [0.25, 0.3) is 0 Å². The average molecular weight is 320 g/mol. The van der Waals surface area contributed by atoms with Crippen molar-refractivity contribution in [2.24, 2.45) is 5.92 Å². The van der Waals surface area contributed by atoms with Crippen LogP contribution in [0.3, 0.4) is 0 Å². The third-order valence-electron chi connectivity index (χ3n) is 3.95. The molecule has 0 spiro atoms. The second kappa shape index (κ2) is 6.67. The lowest BCUT2D eigenvalue weighted by molar-refractivity contribution is -0.276. The summed E-state index contributed by atoms with van der Waals surface area (Å²) in [6.45, 7) is 1.94. The van der Waals surface area contributed by atoms with Gasteiger partial charge in [0.2, 0.25) is 5.75 Å². The van der Waals surface area contributed by atoms with Crippen LogP contribution in [-0.2, 0) is 0 Å². The Kier molecular flexibility index (Phi) is 5.08. The summed E-state index contributed by atoms with van der Waals surface area (Å²) < 4.78 is 67.2. The van der Waals surface area contributed by atoms with E-state index in [1.54, 1.807) is 0 Å². The number of rotatable bonds is 3. The van der Waals surface area contributed by atoms with Gasteiger partial charge in [-0.2, -0.15) is 0 Å². The van der Waals surface area contributed by atoms with Crippen LogP contribution in [-0.4, -0.2) is 6.36 Å². The van der Waals surface area contributed by atoms with E-state index in [1.165, 1.54) is 0 Å². The Morgan fingerprint density at radius 1 is 1.05 bits per heavy atom. The summed E-state index contributed by atoms with van der Waals surface area (Å²) in [6, 6.07) is 1.90. The molecule has 1 aromatic carbocycles. The molecule has 22 heavy (non-hydrogen) atoms. The Hall–Kier alpha value is -1.59. The minimum Gasteiger partial charge on any atom is -0.399 e. The van der Waals surface area contributed by atoms with E-state index in [0.717, 1.165) is 37.8 Å². The number of hydrogen-bond acceptors (Lipinski definition) is 1. The molecule has 2 rings (SSSR count). The average Bonchev–Trinajstić information content (AvgIpc) is 2.43. The Balaban J connectivity index is 2.14. The first-order valence-electron chi connectivity index (χ1n) is 7.17. The second-order valence-corrected chi connectivity index (χ2v) is 5.50. The molecule has 0 aromatic heterocycles. The van der Waals surface area contributed by atoms with Crippen molar-refractivity contribution in [3.05, 3.63) is 41.5 Å². The molecule has 1 aliphatic carbocycles. The summed E-state index contributed by atoms with van der Waals surface area (Å²) in [5, 5.41) is 0. The fourth-order valence-electron chi connectivity index (χ4n) is 2.95. The molecule has 122 valence electrons. The minimum atomic E-state index is -5.12. The van der Waals surface area contributed by atoms with E-state index in [2.05, 4.69) is 10.8 Å². The number of benzene rings is 1. The molecule has 1 aliphatic rings. The predicted octanol–water partition coefficient (Wildman–Crippen LogP) is 5.71. The van der Waals surface area contributed by atoms with Crippen LogP contribution >= 0.6 is 0 Å². The fraction of sp³-hybridized carbons (Fsp3) is 0.500. The zero-order chi connectivity index (χ0) is 16.3. The topological polar surface area (TPSA) is 9.23 Å². The van der Waals surface area contributed by atoms with Gasteiger partial charge in [-0.25, -0.2) is 8.78 Å². The largest absolute Gasteiger partial charge is 0.573 e. The summed E-state index contributed by atoms with van der Waals surface area (Å²) in [4.78, 5) is 0. The van der Waals surface area contributed by atoms with Gasteiger partial charge in [0.05, 0.1) is 0 Å². The first kappa shape index (κ1) is 16.8. The molecule has 1 saturated carbocycles. The van der Waals surface area contributed by atoms with E-state index in [-0.39, 0.29) is 5.92 Å². The third kappa shape index (κ3) is 4.21. The molecule has 6 heteroatoms. The molecule has 1 fully saturated rings. The van der Waals surface area contributed by atoms with Crippen LogP contribution in [0.1, 0.15) is 44.1 Å². The summed E-state index contributed by atoms with van der Waals surface area (Å²) in [6.07, 6.45) is 2.29. The number of ether oxygens (including phenoxy) is 1. The third-order valence-corrected chi connectivity index (χ3v) is 3.95. The lowest BCUT2D eigenvalue weighted by Gasteiger charge is -2.27. The zero-order valence-electron chi connectivity index (χ0n) is 12.1. The molecule has 0 N–H and O–H groups in total. The monoisotopic (exact) mass is 320 g/mol. The van der Waals surface area contributed by atoms with Crippen molar-refractivity contribution in [1.82, 2.24) is 0 Å². The quantitative estimate of drug-likeness (QED) is 0.512. The normalized spacial score (nSPS) is 23.0. The van der Waals surface area contributed by atoms with Crippen molar-refractivity contribution < 1.29 is 26.7 Å². The fourth-order valence-corrected chi connectivity index (χ4v) is 2.95. The van der Waals surface area contributed by atoms with Crippen molar-refractivity contribution in [2.45, 2.75) is 44.9 Å². The highest BCUT2D eigenvalue weighted by Gasteiger charge is 2.34. The van der Waals surface area contributed by atoms with Gasteiger partial charge in [-0.15, -0.1) is 13.2 Å². The van der Waals surface area contributed by atoms with Gasteiger partial charge >= 0.3 is 6.36 Å². The summed E-state index contributed by atoms with van der Waals surface area (Å²) in [7, 11) is 0. The summed E-state index contributed by atoms with van der Waals surface area (Å²) >= 11 is 0. The highest BCUT2D eigenvalue weighted by Crippen LogP contribution is 2.39. The highest BCUT2D eigenvalue weighted by molar-refractivity contribution is 5.33. The standard InChI is InChI=1S/C16H17F5O/c1-2-3-10-4-6-11(7-5-10)12-8-13(17)15(14(18)9-12)22-16(19,20)21/h2-3,8-11H,4-7H2,1H3/b3-2+. The molecule has 0 bridgehead atoms. The molecule has 0 atom stereocenters. The molecule has 0 radical (unpaired) electrons. The lowest BCUT2D eigenvalue weighted by Crippen LogP contribution is -2.19. The maximum absolute atomic E-state index is 13.7. The molecule has 0 amide bonds. The molecule has 0 saturated heterocycles. The van der Waals surface area contributed by atoms with Gasteiger partial charge in [0.1, 0.15) is 0 Å². The van der Waals surface area contributed by atoms with Gasteiger partial charge in [-0.05, 0) is 62.1 Å². The van der Waals surface area contributed by atoms with Gasteiger partial charge in [0, 0.05) is 0 Å². The maximum atomic E-state index is 13.7. The van der Waals surface area contributed by atoms with E-state index in [0.29, 0.717) is 11.5 Å². The van der Waals surface area contributed by atoms with Gasteiger partial charge in [-0.1, -0.05) is 12.2 Å². The smallest absolute Gasteiger partial charge is 0.399 e. The lowest BCUT2D eigenvalue weighted by atomic mass is 9.78. The molecule has 1 aromatic rings. The molecule has 0 unspecified atom stereocenters. The molecule has 1 nitrogen and oxygen atoms in total. The van der Waals surface area contributed by atoms with Crippen LogP contribution in [0.4, 0.5) is 22.0 Å². The van der Waals surface area contributed by atoms with Crippen molar-refractivity contribution in [1.29, 1.82) is 0 Å². The summed E-state index contributed by atoms with van der Waals surface area (Å²) in [5.41, 5.74) is 0.392. The Morgan fingerprint density at radius 3 is 2.05 bits per heavy atom. The van der Waals surface area contributed by atoms with Gasteiger partial charge in [-0.3, -0.25) is 0 Å². The SMILES string of the molecule is C/C=C/C1CCC(c2cc(F)c(OC(F)(F)F)c(F)c2)CC1.